The van der Waals surface area contributed by atoms with Gasteiger partial charge in [0.15, 0.2) is 0 Å². The van der Waals surface area contributed by atoms with Crippen LogP contribution in [0.3, 0.4) is 0 Å². The number of H-pyrrole nitrogens is 1. The maximum atomic E-state index is 5.89. The number of hydrogen-bond donors (Lipinski definition) is 2. The van der Waals surface area contributed by atoms with E-state index >= 15 is 0 Å². The first-order valence-electron chi connectivity index (χ1n) is 7.81. The molecule has 0 fully saturated rings. The standard InChI is InChI=1S/C18H27N3/c1-12(2)7-15(10-19)9-18-20-11-17(21-18)16-8-13(3)5-6-14(16)4/h5-6,8,11-12,15H,7,9-10,19H2,1-4H3,(H,20,21). The second kappa shape index (κ2) is 6.90. The van der Waals surface area contributed by atoms with Gasteiger partial charge in [-0.1, -0.05) is 31.5 Å². The Labute approximate surface area is 128 Å². The molecule has 0 amide bonds. The van der Waals surface area contributed by atoms with Crippen molar-refractivity contribution in [2.24, 2.45) is 17.6 Å². The van der Waals surface area contributed by atoms with E-state index in [1.165, 1.54) is 16.7 Å². The average molecular weight is 285 g/mol. The van der Waals surface area contributed by atoms with Crippen molar-refractivity contribution in [2.75, 3.05) is 6.54 Å². The molecule has 114 valence electrons. The second-order valence-electron chi connectivity index (χ2n) is 6.50. The summed E-state index contributed by atoms with van der Waals surface area (Å²) in [6.45, 7) is 9.46. The van der Waals surface area contributed by atoms with Crippen LogP contribution < -0.4 is 5.73 Å². The number of rotatable bonds is 6. The fourth-order valence-electron chi connectivity index (χ4n) is 2.83. The molecule has 0 saturated carbocycles. The summed E-state index contributed by atoms with van der Waals surface area (Å²) >= 11 is 0. The monoisotopic (exact) mass is 285 g/mol. The van der Waals surface area contributed by atoms with Crippen LogP contribution in [0.5, 0.6) is 0 Å². The predicted molar refractivity (Wildman–Crippen MR) is 89.2 cm³/mol. The maximum Gasteiger partial charge on any atom is 0.106 e. The van der Waals surface area contributed by atoms with E-state index in [1.54, 1.807) is 0 Å². The van der Waals surface area contributed by atoms with Crippen LogP contribution in [0.25, 0.3) is 11.3 Å². The zero-order valence-electron chi connectivity index (χ0n) is 13.6. The zero-order valence-corrected chi connectivity index (χ0v) is 13.6. The molecule has 1 aromatic heterocycles. The van der Waals surface area contributed by atoms with Crippen molar-refractivity contribution in [2.45, 2.75) is 40.5 Å². The van der Waals surface area contributed by atoms with Crippen molar-refractivity contribution in [3.8, 4) is 11.3 Å². The molecule has 0 aliphatic carbocycles. The smallest absolute Gasteiger partial charge is 0.106 e. The average Bonchev–Trinajstić information content (AvgIpc) is 2.88. The van der Waals surface area contributed by atoms with Crippen LogP contribution in [-0.4, -0.2) is 16.5 Å². The number of imidazole rings is 1. The van der Waals surface area contributed by atoms with E-state index in [0.717, 1.165) is 30.9 Å². The van der Waals surface area contributed by atoms with E-state index < -0.39 is 0 Å². The lowest BCUT2D eigenvalue weighted by Crippen LogP contribution is -2.19. The predicted octanol–water partition coefficient (Wildman–Crippen LogP) is 3.86. The second-order valence-corrected chi connectivity index (χ2v) is 6.50. The van der Waals surface area contributed by atoms with Crippen molar-refractivity contribution < 1.29 is 0 Å². The highest BCUT2D eigenvalue weighted by atomic mass is 14.9. The number of aromatic nitrogens is 2. The Morgan fingerprint density at radius 2 is 2.00 bits per heavy atom. The van der Waals surface area contributed by atoms with Gasteiger partial charge < -0.3 is 10.7 Å². The first-order chi connectivity index (χ1) is 9.99. The largest absolute Gasteiger partial charge is 0.342 e. The molecule has 3 nitrogen and oxygen atoms in total. The van der Waals surface area contributed by atoms with Gasteiger partial charge in [-0.2, -0.15) is 0 Å². The van der Waals surface area contributed by atoms with E-state index in [4.69, 9.17) is 5.73 Å². The minimum Gasteiger partial charge on any atom is -0.342 e. The topological polar surface area (TPSA) is 54.7 Å². The van der Waals surface area contributed by atoms with E-state index in [9.17, 15) is 0 Å². The Kier molecular flexibility index (Phi) is 5.18. The van der Waals surface area contributed by atoms with E-state index in [0.29, 0.717) is 11.8 Å². The highest BCUT2D eigenvalue weighted by molar-refractivity contribution is 5.63. The summed E-state index contributed by atoms with van der Waals surface area (Å²) in [5.41, 5.74) is 10.8. The lowest BCUT2D eigenvalue weighted by Gasteiger charge is -2.15. The number of nitrogens with zero attached hydrogens (tertiary/aromatic N) is 1. The lowest BCUT2D eigenvalue weighted by molar-refractivity contribution is 0.409. The molecule has 3 N–H and O–H groups in total. The molecule has 2 rings (SSSR count). The number of aryl methyl sites for hydroxylation is 2. The van der Waals surface area contributed by atoms with Crippen molar-refractivity contribution in [3.63, 3.8) is 0 Å². The first kappa shape index (κ1) is 15.8. The third-order valence-electron chi connectivity index (χ3n) is 3.93. The number of nitrogens with one attached hydrogen (secondary N) is 1. The van der Waals surface area contributed by atoms with Gasteiger partial charge in [0, 0.05) is 12.0 Å². The third-order valence-corrected chi connectivity index (χ3v) is 3.93. The van der Waals surface area contributed by atoms with E-state index in [2.05, 4.69) is 55.9 Å². The van der Waals surface area contributed by atoms with Gasteiger partial charge in [-0.3, -0.25) is 0 Å². The maximum absolute atomic E-state index is 5.89. The SMILES string of the molecule is Cc1ccc(C)c(-c2cnc(CC(CN)CC(C)C)[nH]2)c1. The summed E-state index contributed by atoms with van der Waals surface area (Å²) in [6.07, 6.45) is 4.02. The Morgan fingerprint density at radius 1 is 1.24 bits per heavy atom. The quantitative estimate of drug-likeness (QED) is 0.847. The molecule has 1 heterocycles. The molecular formula is C18H27N3. The van der Waals surface area contributed by atoms with Gasteiger partial charge in [0.05, 0.1) is 11.9 Å². The minimum absolute atomic E-state index is 0.502. The number of nitrogens with two attached hydrogens (primary N) is 1. The van der Waals surface area contributed by atoms with Crippen LogP contribution in [0.15, 0.2) is 24.4 Å². The molecule has 21 heavy (non-hydrogen) atoms. The van der Waals surface area contributed by atoms with Crippen LogP contribution in [0.4, 0.5) is 0 Å². The highest BCUT2D eigenvalue weighted by Crippen LogP contribution is 2.24. The van der Waals surface area contributed by atoms with Gasteiger partial charge in [-0.15, -0.1) is 0 Å². The molecule has 1 aromatic carbocycles. The van der Waals surface area contributed by atoms with Gasteiger partial charge >= 0.3 is 0 Å². The van der Waals surface area contributed by atoms with Gasteiger partial charge in [0.25, 0.3) is 0 Å². The molecule has 2 aromatic rings. The molecular weight excluding hydrogens is 258 g/mol. The van der Waals surface area contributed by atoms with Crippen LogP contribution >= 0.6 is 0 Å². The fraction of sp³-hybridized carbons (Fsp3) is 0.500. The molecule has 0 saturated heterocycles. The Bertz CT molecular complexity index is 584. The summed E-state index contributed by atoms with van der Waals surface area (Å²) in [6, 6.07) is 6.51. The van der Waals surface area contributed by atoms with Gasteiger partial charge in [0.2, 0.25) is 0 Å². The van der Waals surface area contributed by atoms with E-state index in [1.807, 2.05) is 6.20 Å². The van der Waals surface area contributed by atoms with Crippen LogP contribution in [-0.2, 0) is 6.42 Å². The van der Waals surface area contributed by atoms with Crippen LogP contribution in [0.1, 0.15) is 37.2 Å². The van der Waals surface area contributed by atoms with Gasteiger partial charge in [-0.25, -0.2) is 4.98 Å². The number of benzene rings is 1. The lowest BCUT2D eigenvalue weighted by atomic mass is 9.94. The van der Waals surface area contributed by atoms with Crippen LogP contribution in [0, 0.1) is 25.7 Å². The number of hydrogen-bond acceptors (Lipinski definition) is 2. The normalized spacial score (nSPS) is 12.9. The number of aromatic amines is 1. The minimum atomic E-state index is 0.502. The molecule has 0 aliphatic rings. The molecule has 1 unspecified atom stereocenters. The van der Waals surface area contributed by atoms with Crippen molar-refractivity contribution in [3.05, 3.63) is 41.3 Å². The summed E-state index contributed by atoms with van der Waals surface area (Å²) in [7, 11) is 0. The summed E-state index contributed by atoms with van der Waals surface area (Å²) in [5.74, 6) is 2.22. The third kappa shape index (κ3) is 4.18. The molecule has 3 heteroatoms. The van der Waals surface area contributed by atoms with Crippen molar-refractivity contribution in [1.29, 1.82) is 0 Å². The highest BCUT2D eigenvalue weighted by Gasteiger charge is 2.13. The van der Waals surface area contributed by atoms with E-state index in [-0.39, 0.29) is 0 Å². The fourth-order valence-corrected chi connectivity index (χ4v) is 2.83. The molecule has 0 radical (unpaired) electrons. The molecule has 0 bridgehead atoms. The Morgan fingerprint density at radius 3 is 2.67 bits per heavy atom. The zero-order chi connectivity index (χ0) is 15.4. The Hall–Kier alpha value is -1.61. The summed E-state index contributed by atoms with van der Waals surface area (Å²) < 4.78 is 0. The van der Waals surface area contributed by atoms with Gasteiger partial charge in [0.1, 0.15) is 5.82 Å². The van der Waals surface area contributed by atoms with Crippen LogP contribution in [0.2, 0.25) is 0 Å². The summed E-state index contributed by atoms with van der Waals surface area (Å²) in [4.78, 5) is 8.02. The molecule has 1 atom stereocenters. The van der Waals surface area contributed by atoms with Crippen molar-refractivity contribution >= 4 is 0 Å². The van der Waals surface area contributed by atoms with Crippen molar-refractivity contribution in [1.82, 2.24) is 9.97 Å². The van der Waals surface area contributed by atoms with Gasteiger partial charge in [-0.05, 0) is 50.3 Å². The molecule has 0 aliphatic heterocycles. The summed E-state index contributed by atoms with van der Waals surface area (Å²) in [5, 5.41) is 0. The Balaban J connectivity index is 2.16. The molecule has 0 spiro atoms. The first-order valence-corrected chi connectivity index (χ1v) is 7.81.